The maximum absolute atomic E-state index is 12.6. The highest BCUT2D eigenvalue weighted by Gasteiger charge is 2.21. The summed E-state index contributed by atoms with van der Waals surface area (Å²) in [6.45, 7) is 5.26. The fourth-order valence-electron chi connectivity index (χ4n) is 3.64. The van der Waals surface area contributed by atoms with E-state index in [1.807, 2.05) is 42.6 Å². The zero-order chi connectivity index (χ0) is 20.2. The molecule has 0 saturated carbocycles. The van der Waals surface area contributed by atoms with Gasteiger partial charge in [0.25, 0.3) is 5.91 Å². The minimum Gasteiger partial charge on any atom is -0.348 e. The number of amides is 2. The van der Waals surface area contributed by atoms with Crippen molar-refractivity contribution < 1.29 is 9.59 Å². The summed E-state index contributed by atoms with van der Waals surface area (Å²) in [5.74, 6) is -0.165. The van der Waals surface area contributed by atoms with Crippen molar-refractivity contribution in [2.45, 2.75) is 19.5 Å². The van der Waals surface area contributed by atoms with Crippen LogP contribution in [0, 0.1) is 0 Å². The fraction of sp³-hybridized carbons (Fsp3) is 0.174. The van der Waals surface area contributed by atoms with Gasteiger partial charge in [-0.3, -0.25) is 9.59 Å². The molecular weight excluding hydrogens is 364 g/mol. The molecule has 2 aromatic carbocycles. The normalized spacial score (nSPS) is 12.9. The lowest BCUT2D eigenvalue weighted by Crippen LogP contribution is -2.35. The maximum Gasteiger partial charge on any atom is 0.251 e. The highest BCUT2D eigenvalue weighted by atomic mass is 16.2. The van der Waals surface area contributed by atoms with Crippen molar-refractivity contribution in [3.05, 3.63) is 95.8 Å². The number of carbonyl (C=O) groups excluding carboxylic acids is 2. The van der Waals surface area contributed by atoms with Crippen LogP contribution in [0.15, 0.2) is 73.6 Å². The Hall–Kier alpha value is -3.67. The SMILES string of the molecule is C=CC(=O)N1CCc2c(CNC(=O)c3ccc(-n4cccn4)cc3)cccc2C1. The van der Waals surface area contributed by atoms with E-state index in [4.69, 9.17) is 0 Å². The molecule has 0 spiro atoms. The van der Waals surface area contributed by atoms with E-state index in [1.54, 1.807) is 27.9 Å². The lowest BCUT2D eigenvalue weighted by atomic mass is 9.94. The number of hydrogen-bond acceptors (Lipinski definition) is 3. The Bertz CT molecular complexity index is 1040. The molecule has 1 aromatic heterocycles. The lowest BCUT2D eigenvalue weighted by molar-refractivity contribution is -0.126. The van der Waals surface area contributed by atoms with Crippen molar-refractivity contribution in [1.29, 1.82) is 0 Å². The molecule has 2 heterocycles. The van der Waals surface area contributed by atoms with E-state index in [0.717, 1.165) is 23.2 Å². The third-order valence-electron chi connectivity index (χ3n) is 5.19. The van der Waals surface area contributed by atoms with Gasteiger partial charge in [0.15, 0.2) is 0 Å². The largest absolute Gasteiger partial charge is 0.348 e. The van der Waals surface area contributed by atoms with Crippen molar-refractivity contribution in [2.24, 2.45) is 0 Å². The molecule has 6 nitrogen and oxygen atoms in total. The topological polar surface area (TPSA) is 67.2 Å². The van der Waals surface area contributed by atoms with E-state index in [-0.39, 0.29) is 11.8 Å². The van der Waals surface area contributed by atoms with Gasteiger partial charge in [0, 0.05) is 37.6 Å². The molecule has 0 bridgehead atoms. The minimum atomic E-state index is -0.117. The van der Waals surface area contributed by atoms with E-state index < -0.39 is 0 Å². The predicted octanol–water partition coefficient (Wildman–Crippen LogP) is 2.87. The Balaban J connectivity index is 1.42. The lowest BCUT2D eigenvalue weighted by Gasteiger charge is -2.29. The molecule has 0 unspecified atom stereocenters. The van der Waals surface area contributed by atoms with Crippen LogP contribution >= 0.6 is 0 Å². The van der Waals surface area contributed by atoms with Gasteiger partial charge >= 0.3 is 0 Å². The molecule has 0 fully saturated rings. The summed E-state index contributed by atoms with van der Waals surface area (Å²) in [5.41, 5.74) is 4.95. The first kappa shape index (κ1) is 18.7. The molecule has 6 heteroatoms. The predicted molar refractivity (Wildman–Crippen MR) is 110 cm³/mol. The molecule has 4 rings (SSSR count). The van der Waals surface area contributed by atoms with Crippen LogP contribution in [0.5, 0.6) is 0 Å². The molecule has 2 amide bonds. The summed E-state index contributed by atoms with van der Waals surface area (Å²) in [4.78, 5) is 26.2. The van der Waals surface area contributed by atoms with E-state index in [2.05, 4.69) is 17.0 Å². The molecule has 0 aliphatic carbocycles. The van der Waals surface area contributed by atoms with Crippen molar-refractivity contribution in [2.75, 3.05) is 6.54 Å². The Morgan fingerprint density at radius 3 is 2.69 bits per heavy atom. The van der Waals surface area contributed by atoms with Crippen molar-refractivity contribution in [3.8, 4) is 5.69 Å². The van der Waals surface area contributed by atoms with Crippen LogP contribution in [0.4, 0.5) is 0 Å². The van der Waals surface area contributed by atoms with Crippen LogP contribution in [0.2, 0.25) is 0 Å². The zero-order valence-corrected chi connectivity index (χ0v) is 16.0. The second-order valence-corrected chi connectivity index (χ2v) is 6.95. The Morgan fingerprint density at radius 1 is 1.14 bits per heavy atom. The first-order chi connectivity index (χ1) is 14.2. The number of aromatic nitrogens is 2. The standard InChI is InChI=1S/C23H22N4O2/c1-2-22(28)26-14-11-21-18(5-3-6-19(21)16-26)15-24-23(29)17-7-9-20(10-8-17)27-13-4-12-25-27/h2-10,12-13H,1,11,14-16H2,(H,24,29). The number of fused-ring (bicyclic) bond motifs is 1. The van der Waals surface area contributed by atoms with Crippen LogP contribution in [-0.4, -0.2) is 33.0 Å². The van der Waals surface area contributed by atoms with E-state index >= 15 is 0 Å². The third kappa shape index (κ3) is 3.96. The van der Waals surface area contributed by atoms with Crippen LogP contribution in [0.3, 0.4) is 0 Å². The number of carbonyl (C=O) groups is 2. The summed E-state index contributed by atoms with van der Waals surface area (Å²) < 4.78 is 1.75. The molecule has 0 atom stereocenters. The van der Waals surface area contributed by atoms with Gasteiger partial charge in [0.2, 0.25) is 5.91 Å². The van der Waals surface area contributed by atoms with Crippen molar-refractivity contribution in [3.63, 3.8) is 0 Å². The Kier molecular flexibility index (Phi) is 5.24. The quantitative estimate of drug-likeness (QED) is 0.686. The monoisotopic (exact) mass is 386 g/mol. The third-order valence-corrected chi connectivity index (χ3v) is 5.19. The van der Waals surface area contributed by atoms with Gasteiger partial charge in [-0.1, -0.05) is 24.8 Å². The summed E-state index contributed by atoms with van der Waals surface area (Å²) in [7, 11) is 0. The highest BCUT2D eigenvalue weighted by Crippen LogP contribution is 2.23. The number of benzene rings is 2. The molecule has 29 heavy (non-hydrogen) atoms. The molecule has 1 N–H and O–H groups in total. The molecular formula is C23H22N4O2. The maximum atomic E-state index is 12.6. The van der Waals surface area contributed by atoms with Gasteiger partial charge in [-0.05, 0) is 59.5 Å². The van der Waals surface area contributed by atoms with E-state index in [9.17, 15) is 9.59 Å². The molecule has 146 valence electrons. The number of nitrogens with zero attached hydrogens (tertiary/aromatic N) is 3. The molecule has 1 aliphatic heterocycles. The first-order valence-electron chi connectivity index (χ1n) is 9.55. The van der Waals surface area contributed by atoms with Gasteiger partial charge in [0.1, 0.15) is 0 Å². The first-order valence-corrected chi connectivity index (χ1v) is 9.55. The van der Waals surface area contributed by atoms with Crippen LogP contribution in [0.25, 0.3) is 5.69 Å². The summed E-state index contributed by atoms with van der Waals surface area (Å²) in [6.07, 6.45) is 5.71. The van der Waals surface area contributed by atoms with Gasteiger partial charge < -0.3 is 10.2 Å². The summed E-state index contributed by atoms with van der Waals surface area (Å²) in [5, 5.41) is 7.19. The van der Waals surface area contributed by atoms with Crippen molar-refractivity contribution in [1.82, 2.24) is 20.0 Å². The number of hydrogen-bond donors (Lipinski definition) is 1. The number of nitrogens with one attached hydrogen (secondary N) is 1. The van der Waals surface area contributed by atoms with E-state index in [0.29, 0.717) is 25.2 Å². The second kappa shape index (κ2) is 8.14. The van der Waals surface area contributed by atoms with Crippen LogP contribution < -0.4 is 5.32 Å². The molecule has 3 aromatic rings. The van der Waals surface area contributed by atoms with E-state index in [1.165, 1.54) is 11.6 Å². The average Bonchev–Trinajstić information content (AvgIpc) is 3.31. The second-order valence-electron chi connectivity index (χ2n) is 6.95. The summed E-state index contributed by atoms with van der Waals surface area (Å²) in [6, 6.07) is 15.2. The van der Waals surface area contributed by atoms with Gasteiger partial charge in [0.05, 0.1) is 5.69 Å². The fourth-order valence-corrected chi connectivity index (χ4v) is 3.64. The van der Waals surface area contributed by atoms with Gasteiger partial charge in [-0.25, -0.2) is 4.68 Å². The average molecular weight is 386 g/mol. The Morgan fingerprint density at radius 2 is 1.97 bits per heavy atom. The number of rotatable bonds is 5. The van der Waals surface area contributed by atoms with Crippen LogP contribution in [0.1, 0.15) is 27.0 Å². The molecule has 0 radical (unpaired) electrons. The van der Waals surface area contributed by atoms with Crippen molar-refractivity contribution >= 4 is 11.8 Å². The van der Waals surface area contributed by atoms with Gasteiger partial charge in [-0.2, -0.15) is 5.10 Å². The molecule has 1 aliphatic rings. The highest BCUT2D eigenvalue weighted by molar-refractivity contribution is 5.94. The summed E-state index contributed by atoms with van der Waals surface area (Å²) >= 11 is 0. The van der Waals surface area contributed by atoms with Gasteiger partial charge in [-0.15, -0.1) is 0 Å². The smallest absolute Gasteiger partial charge is 0.251 e. The minimum absolute atomic E-state index is 0.0482. The Labute approximate surface area is 169 Å². The molecule has 0 saturated heterocycles. The zero-order valence-electron chi connectivity index (χ0n) is 16.0. The van der Waals surface area contributed by atoms with Crippen LogP contribution in [-0.2, 0) is 24.3 Å².